The third kappa shape index (κ3) is 3.92. The van der Waals surface area contributed by atoms with Crippen LogP contribution >= 0.6 is 0 Å². The Morgan fingerprint density at radius 2 is 1.91 bits per heavy atom. The highest BCUT2D eigenvalue weighted by atomic mass is 16.5. The molecule has 0 aliphatic heterocycles. The number of aryl methyl sites for hydroxylation is 1. The first-order chi connectivity index (χ1) is 10.7. The Morgan fingerprint density at radius 3 is 2.55 bits per heavy atom. The van der Waals surface area contributed by atoms with E-state index in [1.807, 2.05) is 23.6 Å². The average Bonchev–Trinajstić information content (AvgIpc) is 2.87. The minimum Gasteiger partial charge on any atom is -0.454 e. The SMILES string of the molecule is CCCn1c(C)nnc1COC(=O)c1ccc(COC)cc1. The molecule has 2 rings (SSSR count). The van der Waals surface area contributed by atoms with E-state index < -0.39 is 0 Å². The van der Waals surface area contributed by atoms with Crippen LogP contribution in [0.3, 0.4) is 0 Å². The van der Waals surface area contributed by atoms with Gasteiger partial charge in [0.15, 0.2) is 12.4 Å². The maximum absolute atomic E-state index is 12.1. The molecule has 0 aliphatic carbocycles. The van der Waals surface area contributed by atoms with E-state index in [0.717, 1.165) is 24.4 Å². The lowest BCUT2D eigenvalue weighted by molar-refractivity contribution is 0.0457. The molecular weight excluding hydrogens is 282 g/mol. The summed E-state index contributed by atoms with van der Waals surface area (Å²) >= 11 is 0. The van der Waals surface area contributed by atoms with Crippen molar-refractivity contribution in [3.8, 4) is 0 Å². The van der Waals surface area contributed by atoms with Gasteiger partial charge in [-0.05, 0) is 31.0 Å². The van der Waals surface area contributed by atoms with Crippen molar-refractivity contribution in [1.82, 2.24) is 14.8 Å². The van der Waals surface area contributed by atoms with E-state index in [1.165, 1.54) is 0 Å². The number of carbonyl (C=O) groups excluding carboxylic acids is 1. The van der Waals surface area contributed by atoms with Crippen LogP contribution in [0.2, 0.25) is 0 Å². The van der Waals surface area contributed by atoms with Gasteiger partial charge >= 0.3 is 5.97 Å². The number of benzene rings is 1. The van der Waals surface area contributed by atoms with Gasteiger partial charge in [0.2, 0.25) is 0 Å². The molecule has 0 saturated carbocycles. The Bertz CT molecular complexity index is 620. The Hall–Kier alpha value is -2.21. The number of hydrogen-bond acceptors (Lipinski definition) is 5. The smallest absolute Gasteiger partial charge is 0.338 e. The van der Waals surface area contributed by atoms with Crippen molar-refractivity contribution in [2.75, 3.05) is 7.11 Å². The van der Waals surface area contributed by atoms with Crippen molar-refractivity contribution in [1.29, 1.82) is 0 Å². The second-order valence-electron chi connectivity index (χ2n) is 5.02. The molecule has 1 heterocycles. The second kappa shape index (κ2) is 7.70. The summed E-state index contributed by atoms with van der Waals surface area (Å²) < 4.78 is 12.3. The lowest BCUT2D eigenvalue weighted by Gasteiger charge is -2.08. The summed E-state index contributed by atoms with van der Waals surface area (Å²) in [5.41, 5.74) is 1.52. The number of aromatic nitrogens is 3. The minimum atomic E-state index is -0.368. The third-order valence-electron chi connectivity index (χ3n) is 3.29. The molecule has 118 valence electrons. The number of rotatable bonds is 7. The van der Waals surface area contributed by atoms with E-state index in [2.05, 4.69) is 17.1 Å². The summed E-state index contributed by atoms with van der Waals surface area (Å²) in [7, 11) is 1.64. The molecule has 0 unspecified atom stereocenters. The standard InChI is InChI=1S/C16H21N3O3/c1-4-9-19-12(2)17-18-15(19)11-22-16(20)14-7-5-13(6-8-14)10-21-3/h5-8H,4,9-11H2,1-3H3. The Kier molecular flexibility index (Phi) is 5.66. The molecule has 1 aromatic carbocycles. The van der Waals surface area contributed by atoms with Crippen molar-refractivity contribution in [2.24, 2.45) is 0 Å². The topological polar surface area (TPSA) is 66.2 Å². The first-order valence-electron chi connectivity index (χ1n) is 7.29. The minimum absolute atomic E-state index is 0.124. The van der Waals surface area contributed by atoms with Crippen molar-refractivity contribution < 1.29 is 14.3 Å². The van der Waals surface area contributed by atoms with Gasteiger partial charge in [0.05, 0.1) is 12.2 Å². The van der Waals surface area contributed by atoms with Crippen LogP contribution in [0.1, 0.15) is 40.9 Å². The fourth-order valence-corrected chi connectivity index (χ4v) is 2.16. The molecular formula is C16H21N3O3. The summed E-state index contributed by atoms with van der Waals surface area (Å²) in [4.78, 5) is 12.1. The molecule has 22 heavy (non-hydrogen) atoms. The van der Waals surface area contributed by atoms with Crippen molar-refractivity contribution in [2.45, 2.75) is 40.0 Å². The number of esters is 1. The van der Waals surface area contributed by atoms with Crippen LogP contribution in [0.15, 0.2) is 24.3 Å². The van der Waals surface area contributed by atoms with Gasteiger partial charge in [0, 0.05) is 13.7 Å². The van der Waals surface area contributed by atoms with E-state index in [4.69, 9.17) is 9.47 Å². The van der Waals surface area contributed by atoms with Gasteiger partial charge in [-0.1, -0.05) is 19.1 Å². The quantitative estimate of drug-likeness (QED) is 0.735. The summed E-state index contributed by atoms with van der Waals surface area (Å²) in [5, 5.41) is 8.08. The van der Waals surface area contributed by atoms with Gasteiger partial charge in [0.1, 0.15) is 5.82 Å². The van der Waals surface area contributed by atoms with E-state index >= 15 is 0 Å². The highest BCUT2D eigenvalue weighted by molar-refractivity contribution is 5.89. The number of methoxy groups -OCH3 is 1. The number of ether oxygens (including phenoxy) is 2. The van der Waals surface area contributed by atoms with Gasteiger partial charge in [-0.25, -0.2) is 4.79 Å². The van der Waals surface area contributed by atoms with Crippen molar-refractivity contribution >= 4 is 5.97 Å². The number of carbonyl (C=O) groups is 1. The summed E-state index contributed by atoms with van der Waals surface area (Å²) in [6.45, 7) is 5.44. The van der Waals surface area contributed by atoms with E-state index in [0.29, 0.717) is 18.0 Å². The van der Waals surface area contributed by atoms with Gasteiger partial charge in [-0.2, -0.15) is 0 Å². The predicted octanol–water partition coefficient (Wildman–Crippen LogP) is 2.50. The zero-order chi connectivity index (χ0) is 15.9. The highest BCUT2D eigenvalue weighted by Gasteiger charge is 2.12. The fourth-order valence-electron chi connectivity index (χ4n) is 2.16. The van der Waals surface area contributed by atoms with E-state index in [1.54, 1.807) is 19.2 Å². The second-order valence-corrected chi connectivity index (χ2v) is 5.02. The molecule has 0 aliphatic rings. The van der Waals surface area contributed by atoms with Gasteiger partial charge < -0.3 is 14.0 Å². The Balaban J connectivity index is 1.97. The Morgan fingerprint density at radius 1 is 1.18 bits per heavy atom. The molecule has 0 saturated heterocycles. The molecule has 0 radical (unpaired) electrons. The predicted molar refractivity (Wildman–Crippen MR) is 81.3 cm³/mol. The van der Waals surface area contributed by atoms with E-state index in [9.17, 15) is 4.79 Å². The van der Waals surface area contributed by atoms with Crippen LogP contribution in [0.4, 0.5) is 0 Å². The van der Waals surface area contributed by atoms with Crippen LogP contribution in [0.25, 0.3) is 0 Å². The Labute approximate surface area is 130 Å². The van der Waals surface area contributed by atoms with Crippen LogP contribution in [-0.2, 0) is 29.2 Å². The molecule has 0 amide bonds. The van der Waals surface area contributed by atoms with Crippen LogP contribution < -0.4 is 0 Å². The number of nitrogens with zero attached hydrogens (tertiary/aromatic N) is 3. The van der Waals surface area contributed by atoms with Gasteiger partial charge in [-0.15, -0.1) is 10.2 Å². The molecule has 0 N–H and O–H groups in total. The maximum Gasteiger partial charge on any atom is 0.338 e. The van der Waals surface area contributed by atoms with Gasteiger partial charge in [0.25, 0.3) is 0 Å². The molecule has 6 nitrogen and oxygen atoms in total. The largest absolute Gasteiger partial charge is 0.454 e. The fraction of sp³-hybridized carbons (Fsp3) is 0.438. The summed E-state index contributed by atoms with van der Waals surface area (Å²) in [6, 6.07) is 7.17. The lowest BCUT2D eigenvalue weighted by Crippen LogP contribution is -2.11. The molecule has 0 fully saturated rings. The highest BCUT2D eigenvalue weighted by Crippen LogP contribution is 2.09. The zero-order valence-electron chi connectivity index (χ0n) is 13.2. The zero-order valence-corrected chi connectivity index (χ0v) is 13.2. The van der Waals surface area contributed by atoms with Crippen LogP contribution in [-0.4, -0.2) is 27.8 Å². The van der Waals surface area contributed by atoms with Gasteiger partial charge in [-0.3, -0.25) is 0 Å². The summed E-state index contributed by atoms with van der Waals surface area (Å²) in [5.74, 6) is 1.13. The van der Waals surface area contributed by atoms with Crippen molar-refractivity contribution in [3.05, 3.63) is 47.0 Å². The molecule has 0 atom stereocenters. The first kappa shape index (κ1) is 16.2. The summed E-state index contributed by atoms with van der Waals surface area (Å²) in [6.07, 6.45) is 0.973. The molecule has 1 aromatic heterocycles. The molecule has 2 aromatic rings. The molecule has 0 bridgehead atoms. The molecule has 6 heteroatoms. The van der Waals surface area contributed by atoms with Crippen LogP contribution in [0.5, 0.6) is 0 Å². The van der Waals surface area contributed by atoms with Crippen LogP contribution in [0, 0.1) is 6.92 Å². The first-order valence-corrected chi connectivity index (χ1v) is 7.29. The average molecular weight is 303 g/mol. The molecule has 0 spiro atoms. The lowest BCUT2D eigenvalue weighted by atomic mass is 10.1. The number of hydrogen-bond donors (Lipinski definition) is 0. The normalized spacial score (nSPS) is 10.7. The monoisotopic (exact) mass is 303 g/mol. The van der Waals surface area contributed by atoms with E-state index in [-0.39, 0.29) is 12.6 Å². The third-order valence-corrected chi connectivity index (χ3v) is 3.29. The van der Waals surface area contributed by atoms with Crippen molar-refractivity contribution in [3.63, 3.8) is 0 Å². The maximum atomic E-state index is 12.1.